The fourth-order valence-electron chi connectivity index (χ4n) is 3.46. The summed E-state index contributed by atoms with van der Waals surface area (Å²) in [6, 6.07) is 1.08. The van der Waals surface area contributed by atoms with Crippen molar-refractivity contribution in [2.75, 3.05) is 26.3 Å². The molecule has 0 unspecified atom stereocenters. The van der Waals surface area contributed by atoms with Crippen molar-refractivity contribution in [3.63, 3.8) is 0 Å². The Balaban J connectivity index is 1.88. The second-order valence-corrected chi connectivity index (χ2v) is 7.77. The van der Waals surface area contributed by atoms with E-state index in [4.69, 9.17) is 14.3 Å². The van der Waals surface area contributed by atoms with Crippen molar-refractivity contribution in [3.8, 4) is 0 Å². The number of hydrogen-bond acceptors (Lipinski definition) is 6. The molecule has 1 amide bonds. The van der Waals surface area contributed by atoms with Gasteiger partial charge in [-0.25, -0.2) is 13.6 Å². The summed E-state index contributed by atoms with van der Waals surface area (Å²) in [4.78, 5) is 25.5. The van der Waals surface area contributed by atoms with Crippen molar-refractivity contribution in [2.45, 2.75) is 18.2 Å². The number of nitrogens with zero attached hydrogens (tertiary/aromatic N) is 1. The molecule has 2 aliphatic heterocycles. The third-order valence-corrected chi connectivity index (χ3v) is 5.83. The number of aliphatic carboxylic acids is 1. The number of likely N-dealkylation sites (tertiary alicyclic amines) is 1. The summed E-state index contributed by atoms with van der Waals surface area (Å²) >= 11 is 0. The Morgan fingerprint density at radius 2 is 2.17 bits per heavy atom. The number of furan rings is 1. The van der Waals surface area contributed by atoms with E-state index in [1.54, 1.807) is 0 Å². The predicted octanol–water partition coefficient (Wildman–Crippen LogP) is -0.201. The van der Waals surface area contributed by atoms with E-state index in [-0.39, 0.29) is 42.0 Å². The molecule has 1 aromatic rings. The fourth-order valence-corrected chi connectivity index (χ4v) is 4.18. The first-order valence-corrected chi connectivity index (χ1v) is 8.93. The van der Waals surface area contributed by atoms with E-state index in [2.05, 4.69) is 0 Å². The highest BCUT2D eigenvalue weighted by Gasteiger charge is 2.55. The molecule has 3 heterocycles. The van der Waals surface area contributed by atoms with E-state index in [0.29, 0.717) is 13.0 Å². The van der Waals surface area contributed by atoms with Crippen molar-refractivity contribution >= 4 is 21.9 Å². The van der Waals surface area contributed by atoms with Gasteiger partial charge in [0.25, 0.3) is 5.91 Å². The molecule has 9 nitrogen and oxygen atoms in total. The second-order valence-electron chi connectivity index (χ2n) is 6.24. The normalized spacial score (nSPS) is 27.1. The SMILES string of the molecule is Cc1oc(C(=O)N2C[C@H]3COCC[C@@]3(C(=O)O)C2)cc1S(N)(=O)=O. The summed E-state index contributed by atoms with van der Waals surface area (Å²) in [5.41, 5.74) is -1.03. The van der Waals surface area contributed by atoms with Gasteiger partial charge in [-0.3, -0.25) is 9.59 Å². The molecule has 0 aromatic carbocycles. The van der Waals surface area contributed by atoms with Crippen LogP contribution in [0.2, 0.25) is 0 Å². The van der Waals surface area contributed by atoms with Gasteiger partial charge in [0, 0.05) is 31.7 Å². The number of ether oxygens (including phenoxy) is 1. The summed E-state index contributed by atoms with van der Waals surface area (Å²) in [6.07, 6.45) is 0.330. The van der Waals surface area contributed by atoms with Gasteiger partial charge in [0.05, 0.1) is 12.0 Å². The van der Waals surface area contributed by atoms with Crippen molar-refractivity contribution in [3.05, 3.63) is 17.6 Å². The van der Waals surface area contributed by atoms with Crippen LogP contribution >= 0.6 is 0 Å². The molecule has 0 radical (unpaired) electrons. The Kier molecular flexibility index (Phi) is 3.93. The molecule has 2 fully saturated rings. The zero-order valence-corrected chi connectivity index (χ0v) is 13.8. The van der Waals surface area contributed by atoms with E-state index in [1.165, 1.54) is 11.8 Å². The van der Waals surface area contributed by atoms with Gasteiger partial charge >= 0.3 is 5.97 Å². The van der Waals surface area contributed by atoms with Gasteiger partial charge in [0.2, 0.25) is 10.0 Å². The first-order valence-electron chi connectivity index (χ1n) is 7.39. The minimum absolute atomic E-state index is 0.0220. The van der Waals surface area contributed by atoms with Crippen LogP contribution < -0.4 is 5.14 Å². The molecular weight excluding hydrogens is 340 g/mol. The van der Waals surface area contributed by atoms with Crippen LogP contribution in [-0.2, 0) is 19.6 Å². The third kappa shape index (κ3) is 2.60. The van der Waals surface area contributed by atoms with Gasteiger partial charge in [-0.15, -0.1) is 0 Å². The van der Waals surface area contributed by atoms with Gasteiger partial charge in [-0.05, 0) is 13.3 Å². The summed E-state index contributed by atoms with van der Waals surface area (Å²) < 4.78 is 33.5. The lowest BCUT2D eigenvalue weighted by molar-refractivity contribution is -0.157. The van der Waals surface area contributed by atoms with Crippen LogP contribution in [0.1, 0.15) is 22.7 Å². The van der Waals surface area contributed by atoms with Crippen molar-refractivity contribution in [2.24, 2.45) is 16.5 Å². The standard InChI is InChI=1S/C14H18N2O7S/c1-8-11(24(15,20)21)4-10(23-8)12(17)16-5-9-6-22-3-2-14(9,7-16)13(18)19/h4,9H,2-3,5-7H2,1H3,(H,18,19)(H2,15,20,21)/t9-,14+/m0/s1. The maximum absolute atomic E-state index is 12.6. The second kappa shape index (κ2) is 5.57. The number of hydrogen-bond donors (Lipinski definition) is 2. The van der Waals surface area contributed by atoms with Crippen LogP contribution in [0.3, 0.4) is 0 Å². The summed E-state index contributed by atoms with van der Waals surface area (Å²) in [5.74, 6) is -1.96. The van der Waals surface area contributed by atoms with Crippen molar-refractivity contribution < 1.29 is 32.3 Å². The topological polar surface area (TPSA) is 140 Å². The smallest absolute Gasteiger partial charge is 0.311 e. The summed E-state index contributed by atoms with van der Waals surface area (Å²) in [6.45, 7) is 2.26. The average Bonchev–Trinajstić information content (AvgIpc) is 3.07. The van der Waals surface area contributed by atoms with Gasteiger partial charge < -0.3 is 19.2 Å². The molecule has 3 rings (SSSR count). The molecule has 0 bridgehead atoms. The zero-order valence-electron chi connectivity index (χ0n) is 13.0. The van der Waals surface area contributed by atoms with Crippen molar-refractivity contribution in [1.82, 2.24) is 4.90 Å². The molecule has 0 aliphatic carbocycles. The predicted molar refractivity (Wildman–Crippen MR) is 79.7 cm³/mol. The first kappa shape index (κ1) is 16.9. The molecule has 2 atom stereocenters. The number of carbonyl (C=O) groups excluding carboxylic acids is 1. The average molecular weight is 358 g/mol. The molecule has 1 aromatic heterocycles. The molecule has 3 N–H and O–H groups in total. The number of carboxylic acids is 1. The van der Waals surface area contributed by atoms with Gasteiger partial charge in [0.15, 0.2) is 5.76 Å². The van der Waals surface area contributed by atoms with E-state index >= 15 is 0 Å². The Morgan fingerprint density at radius 3 is 2.71 bits per heavy atom. The van der Waals surface area contributed by atoms with E-state index < -0.39 is 27.3 Å². The Hall–Kier alpha value is -1.91. The first-order chi connectivity index (χ1) is 11.1. The third-order valence-electron chi connectivity index (χ3n) is 4.81. The largest absolute Gasteiger partial charge is 0.481 e. The number of primary sulfonamides is 1. The lowest BCUT2D eigenvalue weighted by Gasteiger charge is -2.33. The van der Waals surface area contributed by atoms with Crippen LogP contribution in [0.5, 0.6) is 0 Å². The number of sulfonamides is 1. The van der Waals surface area contributed by atoms with E-state index in [0.717, 1.165) is 6.07 Å². The molecular formula is C14H18N2O7S. The number of amides is 1. The van der Waals surface area contributed by atoms with Crippen molar-refractivity contribution in [1.29, 1.82) is 0 Å². The van der Waals surface area contributed by atoms with Crippen LogP contribution in [-0.4, -0.2) is 56.6 Å². The van der Waals surface area contributed by atoms with Gasteiger partial charge in [-0.2, -0.15) is 0 Å². The van der Waals surface area contributed by atoms with Gasteiger partial charge in [-0.1, -0.05) is 0 Å². The highest BCUT2D eigenvalue weighted by molar-refractivity contribution is 7.89. The molecule has 0 saturated carbocycles. The molecule has 24 heavy (non-hydrogen) atoms. The van der Waals surface area contributed by atoms with Crippen LogP contribution in [0, 0.1) is 18.3 Å². The monoisotopic (exact) mass is 358 g/mol. The maximum atomic E-state index is 12.6. The van der Waals surface area contributed by atoms with Crippen LogP contribution in [0.25, 0.3) is 0 Å². The number of carbonyl (C=O) groups is 2. The maximum Gasteiger partial charge on any atom is 0.311 e. The summed E-state index contributed by atoms with van der Waals surface area (Å²) in [7, 11) is -3.99. The Bertz CT molecular complexity index is 800. The molecule has 2 aliphatic rings. The highest BCUT2D eigenvalue weighted by Crippen LogP contribution is 2.43. The molecule has 0 spiro atoms. The fraction of sp³-hybridized carbons (Fsp3) is 0.571. The minimum atomic E-state index is -3.99. The zero-order chi connectivity index (χ0) is 17.7. The number of rotatable bonds is 3. The van der Waals surface area contributed by atoms with Crippen LogP contribution in [0.4, 0.5) is 0 Å². The number of fused-ring (bicyclic) bond motifs is 1. The Labute approximate surface area is 138 Å². The van der Waals surface area contributed by atoms with E-state index in [1.807, 2.05) is 0 Å². The lowest BCUT2D eigenvalue weighted by Crippen LogP contribution is -2.45. The van der Waals surface area contributed by atoms with Gasteiger partial charge in [0.1, 0.15) is 10.7 Å². The molecule has 2 saturated heterocycles. The highest BCUT2D eigenvalue weighted by atomic mass is 32.2. The summed E-state index contributed by atoms with van der Waals surface area (Å²) in [5, 5.41) is 14.7. The van der Waals surface area contributed by atoms with Crippen LogP contribution in [0.15, 0.2) is 15.4 Å². The molecule has 10 heteroatoms. The Morgan fingerprint density at radius 1 is 1.46 bits per heavy atom. The number of carboxylic acid groups (broad SMARTS) is 1. The lowest BCUT2D eigenvalue weighted by atomic mass is 9.74. The quantitative estimate of drug-likeness (QED) is 0.762. The number of nitrogens with two attached hydrogens (primary N) is 1. The minimum Gasteiger partial charge on any atom is -0.481 e. The van der Waals surface area contributed by atoms with E-state index in [9.17, 15) is 23.1 Å². The number of aryl methyl sites for hydroxylation is 1. The molecule has 132 valence electrons.